The maximum absolute atomic E-state index is 6.13. The van der Waals surface area contributed by atoms with Crippen LogP contribution in [0.2, 0.25) is 0 Å². The summed E-state index contributed by atoms with van der Waals surface area (Å²) < 4.78 is 0. The molecule has 1 aromatic rings. The van der Waals surface area contributed by atoms with Crippen molar-refractivity contribution in [1.29, 1.82) is 0 Å². The van der Waals surface area contributed by atoms with Crippen LogP contribution < -0.4 is 5.73 Å². The maximum Gasteiger partial charge on any atom is 0.0206 e. The largest absolute Gasteiger partial charge is 0.326 e. The third-order valence-electron chi connectivity index (χ3n) is 4.54. The number of fused-ring (bicyclic) bond motifs is 1. The molecule has 2 aliphatic rings. The molecule has 3 rings (SSSR count). The van der Waals surface area contributed by atoms with Crippen LogP contribution in [0.3, 0.4) is 0 Å². The van der Waals surface area contributed by atoms with Gasteiger partial charge in [-0.05, 0) is 36.3 Å². The van der Waals surface area contributed by atoms with Crippen LogP contribution in [0.1, 0.15) is 24.5 Å². The smallest absolute Gasteiger partial charge is 0.0206 e. The molecule has 0 saturated carbocycles. The van der Waals surface area contributed by atoms with E-state index in [0.29, 0.717) is 12.0 Å². The van der Waals surface area contributed by atoms with Gasteiger partial charge >= 0.3 is 0 Å². The number of nitrogens with zero attached hydrogens (tertiary/aromatic N) is 1. The second-order valence-corrected chi connectivity index (χ2v) is 5.76. The lowest BCUT2D eigenvalue weighted by atomic mass is 9.87. The van der Waals surface area contributed by atoms with Crippen LogP contribution in [0.25, 0.3) is 0 Å². The van der Waals surface area contributed by atoms with E-state index in [4.69, 9.17) is 5.73 Å². The van der Waals surface area contributed by atoms with Crippen molar-refractivity contribution in [3.8, 4) is 0 Å². The summed E-state index contributed by atoms with van der Waals surface area (Å²) in [7, 11) is 0. The van der Waals surface area contributed by atoms with Crippen molar-refractivity contribution in [3.63, 3.8) is 0 Å². The molecule has 2 N–H and O–H groups in total. The number of benzene rings is 1. The van der Waals surface area contributed by atoms with E-state index < -0.39 is 0 Å². The zero-order valence-electron chi connectivity index (χ0n) is 10.6. The number of hydrogen-bond acceptors (Lipinski definition) is 2. The van der Waals surface area contributed by atoms with E-state index in [1.807, 2.05) is 0 Å². The van der Waals surface area contributed by atoms with Gasteiger partial charge in [0.15, 0.2) is 0 Å². The van der Waals surface area contributed by atoms with E-state index >= 15 is 0 Å². The third kappa shape index (κ3) is 2.12. The number of rotatable bonds is 1. The molecule has 0 bridgehead atoms. The molecular weight excluding hydrogens is 208 g/mol. The van der Waals surface area contributed by atoms with E-state index in [0.717, 1.165) is 12.6 Å². The third-order valence-corrected chi connectivity index (χ3v) is 4.54. The van der Waals surface area contributed by atoms with Gasteiger partial charge in [0.25, 0.3) is 0 Å². The second kappa shape index (κ2) is 4.43. The van der Waals surface area contributed by atoms with Crippen molar-refractivity contribution in [1.82, 2.24) is 4.90 Å². The highest BCUT2D eigenvalue weighted by atomic mass is 15.2. The molecule has 1 saturated heterocycles. The summed E-state index contributed by atoms with van der Waals surface area (Å²) in [6.07, 6.45) is 3.76. The minimum Gasteiger partial charge on any atom is -0.326 e. The van der Waals surface area contributed by atoms with Gasteiger partial charge in [-0.1, -0.05) is 31.2 Å². The molecule has 2 heteroatoms. The Balaban J connectivity index is 1.72. The highest BCUT2D eigenvalue weighted by Gasteiger charge is 2.32. The Kier molecular flexibility index (Phi) is 2.93. The molecule has 1 heterocycles. The normalized spacial score (nSPS) is 33.6. The van der Waals surface area contributed by atoms with E-state index in [-0.39, 0.29) is 0 Å². The van der Waals surface area contributed by atoms with Crippen LogP contribution in [0.5, 0.6) is 0 Å². The Morgan fingerprint density at radius 1 is 1.18 bits per heavy atom. The Labute approximate surface area is 104 Å². The number of likely N-dealkylation sites (tertiary alicyclic amines) is 1. The average molecular weight is 230 g/mol. The van der Waals surface area contributed by atoms with Crippen molar-refractivity contribution in [2.24, 2.45) is 11.7 Å². The maximum atomic E-state index is 6.13. The van der Waals surface area contributed by atoms with E-state index in [1.165, 1.54) is 25.8 Å². The second-order valence-electron chi connectivity index (χ2n) is 5.76. The van der Waals surface area contributed by atoms with Gasteiger partial charge in [0, 0.05) is 25.2 Å². The van der Waals surface area contributed by atoms with Crippen LogP contribution in [0, 0.1) is 5.92 Å². The molecule has 3 atom stereocenters. The van der Waals surface area contributed by atoms with Gasteiger partial charge in [0.1, 0.15) is 0 Å². The Bertz CT molecular complexity index is 392. The Hall–Kier alpha value is -0.860. The van der Waals surface area contributed by atoms with Crippen LogP contribution >= 0.6 is 0 Å². The summed E-state index contributed by atoms with van der Waals surface area (Å²) >= 11 is 0. The monoisotopic (exact) mass is 230 g/mol. The summed E-state index contributed by atoms with van der Waals surface area (Å²) in [4.78, 5) is 2.62. The summed E-state index contributed by atoms with van der Waals surface area (Å²) in [5.41, 5.74) is 9.24. The van der Waals surface area contributed by atoms with Gasteiger partial charge in [-0.25, -0.2) is 0 Å². The summed E-state index contributed by atoms with van der Waals surface area (Å²) in [5.74, 6) is 0.659. The molecule has 1 aliphatic carbocycles. The SMILES string of the molecule is CC1CN(C2CCc3ccccc3C2)CC1N. The summed E-state index contributed by atoms with van der Waals surface area (Å²) in [6.45, 7) is 4.56. The zero-order chi connectivity index (χ0) is 11.8. The van der Waals surface area contributed by atoms with Crippen molar-refractivity contribution in [2.45, 2.75) is 38.3 Å². The molecule has 0 aromatic heterocycles. The predicted octanol–water partition coefficient (Wildman–Crippen LogP) is 1.82. The fraction of sp³-hybridized carbons (Fsp3) is 0.600. The molecule has 0 radical (unpaired) electrons. The molecular formula is C15H22N2. The number of hydrogen-bond donors (Lipinski definition) is 1. The highest BCUT2D eigenvalue weighted by Crippen LogP contribution is 2.27. The fourth-order valence-corrected chi connectivity index (χ4v) is 3.32. The van der Waals surface area contributed by atoms with Gasteiger partial charge < -0.3 is 5.73 Å². The molecule has 17 heavy (non-hydrogen) atoms. The molecule has 0 amide bonds. The van der Waals surface area contributed by atoms with E-state index in [2.05, 4.69) is 36.1 Å². The van der Waals surface area contributed by atoms with Crippen molar-refractivity contribution in [3.05, 3.63) is 35.4 Å². The Morgan fingerprint density at radius 3 is 2.65 bits per heavy atom. The van der Waals surface area contributed by atoms with E-state index in [9.17, 15) is 0 Å². The highest BCUT2D eigenvalue weighted by molar-refractivity contribution is 5.30. The molecule has 1 aliphatic heterocycles. The lowest BCUT2D eigenvalue weighted by Gasteiger charge is -2.32. The fourth-order valence-electron chi connectivity index (χ4n) is 3.32. The van der Waals surface area contributed by atoms with Crippen molar-refractivity contribution < 1.29 is 0 Å². The van der Waals surface area contributed by atoms with Gasteiger partial charge in [0.05, 0.1) is 0 Å². The first-order valence-electron chi connectivity index (χ1n) is 6.80. The minimum atomic E-state index is 0.382. The predicted molar refractivity (Wildman–Crippen MR) is 71.0 cm³/mol. The van der Waals surface area contributed by atoms with E-state index in [1.54, 1.807) is 11.1 Å². The van der Waals surface area contributed by atoms with Gasteiger partial charge in [-0.2, -0.15) is 0 Å². The van der Waals surface area contributed by atoms with Crippen molar-refractivity contribution >= 4 is 0 Å². The van der Waals surface area contributed by atoms with Gasteiger partial charge in [-0.15, -0.1) is 0 Å². The lowest BCUT2D eigenvalue weighted by molar-refractivity contribution is 0.214. The number of aryl methyl sites for hydroxylation is 1. The zero-order valence-corrected chi connectivity index (χ0v) is 10.6. The van der Waals surface area contributed by atoms with Crippen LogP contribution in [-0.4, -0.2) is 30.1 Å². The minimum absolute atomic E-state index is 0.382. The average Bonchev–Trinajstić information content (AvgIpc) is 2.69. The standard InChI is InChI=1S/C15H22N2/c1-11-9-17(10-15(11)16)14-7-6-12-4-2-3-5-13(12)8-14/h2-5,11,14-15H,6-10,16H2,1H3. The molecule has 2 nitrogen and oxygen atoms in total. The first-order valence-corrected chi connectivity index (χ1v) is 6.80. The van der Waals surface area contributed by atoms with Crippen LogP contribution in [0.15, 0.2) is 24.3 Å². The topological polar surface area (TPSA) is 29.3 Å². The van der Waals surface area contributed by atoms with Gasteiger partial charge in [-0.3, -0.25) is 4.90 Å². The molecule has 92 valence electrons. The van der Waals surface area contributed by atoms with Crippen LogP contribution in [-0.2, 0) is 12.8 Å². The first kappa shape index (κ1) is 11.2. The molecule has 1 fully saturated rings. The molecule has 1 aromatic carbocycles. The van der Waals surface area contributed by atoms with Crippen LogP contribution in [0.4, 0.5) is 0 Å². The quantitative estimate of drug-likeness (QED) is 0.797. The lowest BCUT2D eigenvalue weighted by Crippen LogP contribution is -2.39. The molecule has 0 spiro atoms. The Morgan fingerprint density at radius 2 is 1.94 bits per heavy atom. The number of nitrogens with two attached hydrogens (primary N) is 1. The van der Waals surface area contributed by atoms with Crippen molar-refractivity contribution in [2.75, 3.05) is 13.1 Å². The molecule has 3 unspecified atom stereocenters. The first-order chi connectivity index (χ1) is 8.24. The summed E-state index contributed by atoms with van der Waals surface area (Å²) in [6, 6.07) is 10.0. The summed E-state index contributed by atoms with van der Waals surface area (Å²) in [5, 5.41) is 0. The van der Waals surface area contributed by atoms with Gasteiger partial charge in [0.2, 0.25) is 0 Å².